The first-order chi connectivity index (χ1) is 8.82. The lowest BCUT2D eigenvalue weighted by atomic mass is 9.60. The largest absolute Gasteiger partial charge is 0.388 e. The third kappa shape index (κ3) is 1.88. The van der Waals surface area contributed by atoms with Crippen molar-refractivity contribution in [2.45, 2.75) is 0 Å². The average molecular weight is 240 g/mol. The van der Waals surface area contributed by atoms with Gasteiger partial charge in [0.15, 0.2) is 0 Å². The van der Waals surface area contributed by atoms with E-state index < -0.39 is 0 Å². The van der Waals surface area contributed by atoms with Crippen molar-refractivity contribution in [3.05, 3.63) is 0 Å². The van der Waals surface area contributed by atoms with Gasteiger partial charge in [0, 0.05) is 12.7 Å². The van der Waals surface area contributed by atoms with Crippen LogP contribution in [0.1, 0.15) is 0 Å². The summed E-state index contributed by atoms with van der Waals surface area (Å²) in [5.41, 5.74) is 11.2. The van der Waals surface area contributed by atoms with Crippen LogP contribution >= 0.6 is 0 Å². The number of rotatable bonds is 1. The summed E-state index contributed by atoms with van der Waals surface area (Å²) in [5, 5.41) is 6.27. The molecule has 0 bridgehead atoms. The zero-order chi connectivity index (χ0) is 14.5. The van der Waals surface area contributed by atoms with Gasteiger partial charge in [0.2, 0.25) is 0 Å². The molecule has 0 saturated carbocycles. The van der Waals surface area contributed by atoms with Gasteiger partial charge >= 0.3 is 0 Å². The lowest BCUT2D eigenvalue weighted by Crippen LogP contribution is -2.52. The Kier molecular flexibility index (Phi) is 3.64. The highest BCUT2D eigenvalue weighted by atomic mass is 14.8. The molecule has 2 aromatic carbocycles. The molecule has 0 radical (unpaired) electrons. The van der Waals surface area contributed by atoms with Crippen LogP contribution in [0.25, 0.3) is 10.8 Å². The van der Waals surface area contributed by atoms with Crippen LogP contribution in [-0.2, 0) is 0 Å². The molecule has 0 aliphatic heterocycles. The lowest BCUT2D eigenvalue weighted by molar-refractivity contribution is 1.58. The number of fused-ring (bicyclic) bond motifs is 1. The van der Waals surface area contributed by atoms with Crippen molar-refractivity contribution in [3.8, 4) is 0 Å². The summed E-state index contributed by atoms with van der Waals surface area (Å²) in [5.74, 6) is 0. The van der Waals surface area contributed by atoms with Crippen LogP contribution < -0.4 is 43.6 Å². The van der Waals surface area contributed by atoms with E-state index in [1.54, 1.807) is 0 Å². The Morgan fingerprint density at radius 1 is 0.526 bits per heavy atom. The second-order valence-electron chi connectivity index (χ2n) is 5.75. The summed E-state index contributed by atoms with van der Waals surface area (Å²) in [6.45, 7) is 0. The van der Waals surface area contributed by atoms with E-state index in [0.29, 0.717) is 0 Å². The van der Waals surface area contributed by atoms with Crippen molar-refractivity contribution in [1.82, 2.24) is 0 Å². The van der Waals surface area contributed by atoms with E-state index in [1.165, 1.54) is 54.7 Å². The molecule has 0 fully saturated rings. The summed E-state index contributed by atoms with van der Waals surface area (Å²) < 4.78 is 0. The van der Waals surface area contributed by atoms with Crippen LogP contribution in [0, 0.1) is 0 Å². The second-order valence-corrected chi connectivity index (χ2v) is 5.75. The van der Waals surface area contributed by atoms with E-state index in [2.05, 4.69) is 60.2 Å². The van der Waals surface area contributed by atoms with Crippen molar-refractivity contribution >= 4 is 110 Å². The Labute approximate surface area is 122 Å². The first kappa shape index (κ1) is 14.4. The molecule has 0 amide bonds. The number of anilines is 1. The summed E-state index contributed by atoms with van der Waals surface area (Å²) in [4.78, 5) is 0. The molecular weight excluding hydrogens is 222 g/mol. The third-order valence-electron chi connectivity index (χ3n) is 5.06. The van der Waals surface area contributed by atoms with Crippen LogP contribution in [0.5, 0.6) is 0 Å². The molecule has 1 nitrogen and oxygen atoms in total. The highest BCUT2D eigenvalue weighted by Gasteiger charge is 2.16. The molecule has 0 atom stereocenters. The van der Waals surface area contributed by atoms with E-state index in [1.807, 2.05) is 7.05 Å². The molecule has 0 aliphatic rings. The molecule has 8 heteroatoms. The van der Waals surface area contributed by atoms with Gasteiger partial charge in [0.05, 0.1) is 0 Å². The fourth-order valence-electron chi connectivity index (χ4n) is 3.25. The van der Waals surface area contributed by atoms with Gasteiger partial charge in [-0.05, 0) is 10.8 Å². The topological polar surface area (TPSA) is 12.0 Å². The number of hydrogen-bond donors (Lipinski definition) is 1. The van der Waals surface area contributed by atoms with Crippen LogP contribution in [0.3, 0.4) is 0 Å². The number of benzene rings is 2. The normalized spacial score (nSPS) is 10.8. The second kappa shape index (κ2) is 4.81. The first-order valence-corrected chi connectivity index (χ1v) is 7.00. The Bertz CT molecular complexity index is 688. The fraction of sp³-hybridized carbons (Fsp3) is 0.0909. The predicted octanol–water partition coefficient (Wildman–Crippen LogP) is -9.31. The Balaban J connectivity index is 3.21. The maximum absolute atomic E-state index is 3.42. The van der Waals surface area contributed by atoms with E-state index in [0.717, 1.165) is 0 Å². The average Bonchev–Trinajstić information content (AvgIpc) is 2.40. The van der Waals surface area contributed by atoms with Crippen LogP contribution in [0.4, 0.5) is 5.69 Å². The van der Waals surface area contributed by atoms with Crippen molar-refractivity contribution < 1.29 is 0 Å². The zero-order valence-electron chi connectivity index (χ0n) is 13.5. The zero-order valence-corrected chi connectivity index (χ0v) is 13.5. The SMILES string of the molecule is Bc1c(B)c(B)c2c(NC)c(B)c(B)c(B)c2c1B. The minimum absolute atomic E-state index is 1.29. The van der Waals surface area contributed by atoms with Gasteiger partial charge in [-0.3, -0.25) is 0 Å². The van der Waals surface area contributed by atoms with Gasteiger partial charge in [-0.25, -0.2) is 0 Å². The highest BCUT2D eigenvalue weighted by Crippen LogP contribution is 2.13. The van der Waals surface area contributed by atoms with Crippen LogP contribution in [-0.4, -0.2) is 62.0 Å². The minimum Gasteiger partial charge on any atom is -0.388 e. The first-order valence-electron chi connectivity index (χ1n) is 7.00. The van der Waals surface area contributed by atoms with Crippen molar-refractivity contribution in [2.75, 3.05) is 12.4 Å². The van der Waals surface area contributed by atoms with Crippen molar-refractivity contribution in [1.29, 1.82) is 0 Å². The van der Waals surface area contributed by atoms with Gasteiger partial charge in [-0.2, -0.15) is 0 Å². The molecule has 0 aliphatic carbocycles. The number of hydrogen-bond acceptors (Lipinski definition) is 1. The predicted molar refractivity (Wildman–Crippen MR) is 111 cm³/mol. The van der Waals surface area contributed by atoms with Crippen molar-refractivity contribution in [2.24, 2.45) is 0 Å². The van der Waals surface area contributed by atoms with E-state index in [-0.39, 0.29) is 0 Å². The van der Waals surface area contributed by atoms with Crippen molar-refractivity contribution in [3.63, 3.8) is 0 Å². The molecule has 0 aromatic heterocycles. The van der Waals surface area contributed by atoms with E-state index >= 15 is 0 Å². The van der Waals surface area contributed by atoms with E-state index in [9.17, 15) is 0 Å². The summed E-state index contributed by atoms with van der Waals surface area (Å²) in [7, 11) is 17.7. The lowest BCUT2D eigenvalue weighted by Gasteiger charge is -2.24. The molecule has 0 saturated heterocycles. The monoisotopic (exact) mass is 241 g/mol. The smallest absolute Gasteiger partial charge is 0.141 e. The molecule has 19 heavy (non-hydrogen) atoms. The Hall–Kier alpha value is -1.05. The molecule has 0 heterocycles. The Morgan fingerprint density at radius 2 is 0.895 bits per heavy atom. The quantitative estimate of drug-likeness (QED) is 0.488. The molecule has 0 spiro atoms. The van der Waals surface area contributed by atoms with Gasteiger partial charge < -0.3 is 5.32 Å². The maximum atomic E-state index is 3.42. The van der Waals surface area contributed by atoms with E-state index in [4.69, 9.17) is 0 Å². The molecule has 2 rings (SSSR count). The summed E-state index contributed by atoms with van der Waals surface area (Å²) >= 11 is 0. The van der Waals surface area contributed by atoms with Crippen LogP contribution in [0.2, 0.25) is 0 Å². The minimum atomic E-state index is 1.29. The van der Waals surface area contributed by atoms with Gasteiger partial charge in [-0.1, -0.05) is 27.3 Å². The summed E-state index contributed by atoms with van der Waals surface area (Å²) in [6.07, 6.45) is 0. The molecule has 88 valence electrons. The fourth-order valence-corrected chi connectivity index (χ4v) is 3.25. The van der Waals surface area contributed by atoms with Gasteiger partial charge in [0.25, 0.3) is 0 Å². The van der Waals surface area contributed by atoms with Gasteiger partial charge in [0.1, 0.15) is 54.9 Å². The standard InChI is InChI=1S/C11H18B7N/c1-19-11-3-2(5(13)9(17)10(11)18)4(12)7(15)8(16)6(3)14/h19H,12-18H2,1H3. The maximum Gasteiger partial charge on any atom is 0.141 e. The highest BCUT2D eigenvalue weighted by molar-refractivity contribution is 6.71. The third-order valence-corrected chi connectivity index (χ3v) is 5.06. The van der Waals surface area contributed by atoms with Gasteiger partial charge in [-0.15, -0.1) is 10.9 Å². The molecular formula is C11H18B7N. The molecule has 2 aromatic rings. The molecule has 1 N–H and O–H groups in total. The Morgan fingerprint density at radius 3 is 1.32 bits per heavy atom. The number of nitrogens with one attached hydrogen (secondary N) is 1. The summed E-state index contributed by atoms with van der Waals surface area (Å²) in [6, 6.07) is 0. The van der Waals surface area contributed by atoms with Crippen LogP contribution in [0.15, 0.2) is 0 Å². The molecule has 0 unspecified atom stereocenters.